The highest BCUT2D eigenvalue weighted by molar-refractivity contribution is 7.16. The van der Waals surface area contributed by atoms with Gasteiger partial charge in [-0.15, -0.1) is 11.3 Å². The van der Waals surface area contributed by atoms with Crippen LogP contribution < -0.4 is 10.2 Å². The minimum absolute atomic E-state index is 0.0609. The molecule has 2 rings (SSSR count). The molecule has 2 N–H and O–H groups in total. The summed E-state index contributed by atoms with van der Waals surface area (Å²) in [7, 11) is 0. The van der Waals surface area contributed by atoms with Gasteiger partial charge in [0, 0.05) is 17.7 Å². The third-order valence-corrected chi connectivity index (χ3v) is 6.08. The molecule has 1 aromatic rings. The number of likely N-dealkylation sites (tertiary alicyclic amines) is 1. The first-order chi connectivity index (χ1) is 13.4. The van der Waals surface area contributed by atoms with Crippen LogP contribution >= 0.6 is 11.3 Å². The maximum atomic E-state index is 12.6. The van der Waals surface area contributed by atoms with Crippen LogP contribution in [0, 0.1) is 12.8 Å². The lowest BCUT2D eigenvalue weighted by Gasteiger charge is -2.27. The second-order valence-electron chi connectivity index (χ2n) is 6.92. The molecule has 0 aromatic carbocycles. The van der Waals surface area contributed by atoms with Crippen molar-refractivity contribution in [3.63, 3.8) is 0 Å². The van der Waals surface area contributed by atoms with E-state index in [9.17, 15) is 14.4 Å². The van der Waals surface area contributed by atoms with Crippen molar-refractivity contribution in [2.24, 2.45) is 5.92 Å². The fraction of sp³-hybridized carbons (Fsp3) is 0.650. The Balaban J connectivity index is 1.97. The molecule has 0 saturated carbocycles. The Kier molecular flexibility index (Phi) is 8.44. The summed E-state index contributed by atoms with van der Waals surface area (Å²) in [4.78, 5) is 38.9. The van der Waals surface area contributed by atoms with Crippen LogP contribution in [0.3, 0.4) is 0 Å². The molecular weight excluding hydrogens is 380 g/mol. The first-order valence-corrected chi connectivity index (χ1v) is 10.8. The van der Waals surface area contributed by atoms with Gasteiger partial charge in [0.05, 0.1) is 37.8 Å². The van der Waals surface area contributed by atoms with Crippen LogP contribution in [0.2, 0.25) is 0 Å². The maximum Gasteiger partial charge on any atom is 0.341 e. The monoisotopic (exact) mass is 411 g/mol. The van der Waals surface area contributed by atoms with Crippen molar-refractivity contribution in [2.75, 3.05) is 38.2 Å². The second kappa shape index (κ2) is 10.6. The van der Waals surface area contributed by atoms with Gasteiger partial charge in [-0.2, -0.15) is 0 Å². The minimum atomic E-state index is -0.387. The van der Waals surface area contributed by atoms with Gasteiger partial charge in [0.15, 0.2) is 6.54 Å². The number of esters is 2. The average molecular weight is 412 g/mol. The molecule has 1 aromatic heterocycles. The SMILES string of the molecule is CCOC(=O)c1c(NC(=O)C[NH+]2CCC(C(=O)OCC)CC2)sc(C)c1CC. The van der Waals surface area contributed by atoms with E-state index in [1.807, 2.05) is 20.8 Å². The highest BCUT2D eigenvalue weighted by Gasteiger charge is 2.30. The molecule has 1 fully saturated rings. The average Bonchev–Trinajstić information content (AvgIpc) is 2.97. The van der Waals surface area contributed by atoms with Gasteiger partial charge in [0.1, 0.15) is 5.00 Å². The summed E-state index contributed by atoms with van der Waals surface area (Å²) in [5.41, 5.74) is 1.41. The molecule has 0 radical (unpaired) electrons. The van der Waals surface area contributed by atoms with Gasteiger partial charge in [0.25, 0.3) is 5.91 Å². The number of thiophene rings is 1. The van der Waals surface area contributed by atoms with Crippen LogP contribution in [0.1, 0.15) is 54.4 Å². The van der Waals surface area contributed by atoms with Crippen molar-refractivity contribution < 1.29 is 28.8 Å². The van der Waals surface area contributed by atoms with Gasteiger partial charge in [-0.05, 0) is 32.8 Å². The fourth-order valence-corrected chi connectivity index (χ4v) is 4.76. The summed E-state index contributed by atoms with van der Waals surface area (Å²) >= 11 is 1.42. The normalized spacial score (nSPS) is 19.1. The Morgan fingerprint density at radius 3 is 2.32 bits per heavy atom. The Bertz CT molecular complexity index is 708. The van der Waals surface area contributed by atoms with Crippen LogP contribution in [0.5, 0.6) is 0 Å². The number of amides is 1. The molecule has 28 heavy (non-hydrogen) atoms. The van der Waals surface area contributed by atoms with Gasteiger partial charge in [-0.3, -0.25) is 9.59 Å². The third-order valence-electron chi connectivity index (χ3n) is 5.02. The number of piperidine rings is 1. The summed E-state index contributed by atoms with van der Waals surface area (Å²) in [6, 6.07) is 0. The number of hydrogen-bond acceptors (Lipinski definition) is 6. The number of nitrogens with one attached hydrogen (secondary N) is 2. The van der Waals surface area contributed by atoms with E-state index >= 15 is 0 Å². The Morgan fingerprint density at radius 2 is 1.75 bits per heavy atom. The first-order valence-electron chi connectivity index (χ1n) is 10.0. The number of anilines is 1. The van der Waals surface area contributed by atoms with E-state index in [0.29, 0.717) is 36.7 Å². The van der Waals surface area contributed by atoms with Crippen LogP contribution in [-0.4, -0.2) is 50.7 Å². The molecule has 2 heterocycles. The predicted octanol–water partition coefficient (Wildman–Crippen LogP) is 1.59. The van der Waals surface area contributed by atoms with Gasteiger partial charge >= 0.3 is 11.9 Å². The predicted molar refractivity (Wildman–Crippen MR) is 108 cm³/mol. The van der Waals surface area contributed by atoms with Crippen molar-refractivity contribution in [1.82, 2.24) is 0 Å². The molecule has 1 saturated heterocycles. The maximum absolute atomic E-state index is 12.6. The van der Waals surface area contributed by atoms with Crippen molar-refractivity contribution in [3.05, 3.63) is 16.0 Å². The summed E-state index contributed by atoms with van der Waals surface area (Å²) < 4.78 is 10.3. The van der Waals surface area contributed by atoms with Crippen LogP contribution in [0.15, 0.2) is 0 Å². The third kappa shape index (κ3) is 5.54. The lowest BCUT2D eigenvalue weighted by atomic mass is 9.97. The summed E-state index contributed by atoms with van der Waals surface area (Å²) in [6.07, 6.45) is 2.17. The smallest absolute Gasteiger partial charge is 0.341 e. The molecule has 0 spiro atoms. The highest BCUT2D eigenvalue weighted by atomic mass is 32.1. The number of ether oxygens (including phenoxy) is 2. The highest BCUT2D eigenvalue weighted by Crippen LogP contribution is 2.34. The molecule has 1 aliphatic heterocycles. The van der Waals surface area contributed by atoms with E-state index in [-0.39, 0.29) is 23.8 Å². The minimum Gasteiger partial charge on any atom is -0.466 e. The number of hydrogen-bond donors (Lipinski definition) is 2. The molecule has 1 amide bonds. The largest absolute Gasteiger partial charge is 0.466 e. The van der Waals surface area contributed by atoms with Crippen LogP contribution in [0.4, 0.5) is 5.00 Å². The van der Waals surface area contributed by atoms with E-state index in [2.05, 4.69) is 5.32 Å². The lowest BCUT2D eigenvalue weighted by molar-refractivity contribution is -0.897. The van der Waals surface area contributed by atoms with Gasteiger partial charge < -0.3 is 19.7 Å². The molecule has 7 nitrogen and oxygen atoms in total. The molecule has 1 aliphatic rings. The number of rotatable bonds is 8. The quantitative estimate of drug-likeness (QED) is 0.635. The van der Waals surface area contributed by atoms with E-state index in [4.69, 9.17) is 9.47 Å². The molecule has 8 heteroatoms. The Labute approximate surface area is 170 Å². The Hall–Kier alpha value is -1.93. The van der Waals surface area contributed by atoms with Gasteiger partial charge in [0.2, 0.25) is 0 Å². The van der Waals surface area contributed by atoms with E-state index < -0.39 is 0 Å². The first kappa shape index (κ1) is 22.4. The van der Waals surface area contributed by atoms with Crippen LogP contribution in [0.25, 0.3) is 0 Å². The summed E-state index contributed by atoms with van der Waals surface area (Å²) in [6.45, 7) is 10.0. The molecule has 0 unspecified atom stereocenters. The van der Waals surface area contributed by atoms with E-state index in [0.717, 1.165) is 41.3 Å². The topological polar surface area (TPSA) is 86.1 Å². The van der Waals surface area contributed by atoms with E-state index in [1.165, 1.54) is 11.3 Å². The molecule has 0 atom stereocenters. The number of carbonyl (C=O) groups is 3. The summed E-state index contributed by atoms with van der Waals surface area (Å²) in [5, 5.41) is 3.48. The number of aryl methyl sites for hydroxylation is 1. The van der Waals surface area contributed by atoms with Crippen molar-refractivity contribution in [2.45, 2.75) is 47.0 Å². The number of quaternary nitrogens is 1. The molecule has 0 aliphatic carbocycles. The molecular formula is C20H31N2O5S+. The van der Waals surface area contributed by atoms with E-state index in [1.54, 1.807) is 6.92 Å². The second-order valence-corrected chi connectivity index (χ2v) is 8.14. The summed E-state index contributed by atoms with van der Waals surface area (Å²) in [5.74, 6) is -0.707. The molecule has 0 bridgehead atoms. The van der Waals surface area contributed by atoms with Crippen molar-refractivity contribution in [3.8, 4) is 0 Å². The van der Waals surface area contributed by atoms with Gasteiger partial charge in [-0.1, -0.05) is 6.92 Å². The number of carbonyl (C=O) groups excluding carboxylic acids is 3. The van der Waals surface area contributed by atoms with Crippen molar-refractivity contribution >= 4 is 34.2 Å². The fourth-order valence-electron chi connectivity index (χ4n) is 3.61. The zero-order valence-corrected chi connectivity index (χ0v) is 18.0. The zero-order valence-electron chi connectivity index (χ0n) is 17.2. The van der Waals surface area contributed by atoms with Crippen LogP contribution in [-0.2, 0) is 25.5 Å². The Morgan fingerprint density at radius 1 is 1.11 bits per heavy atom. The lowest BCUT2D eigenvalue weighted by Crippen LogP contribution is -3.14. The standard InChI is InChI=1S/C20H30N2O5S/c1-5-15-13(4)28-18(17(15)20(25)27-7-3)21-16(23)12-22-10-8-14(9-11-22)19(24)26-6-2/h14H,5-12H2,1-4H3,(H,21,23)/p+1. The van der Waals surface area contributed by atoms with Crippen molar-refractivity contribution in [1.29, 1.82) is 0 Å². The molecule has 156 valence electrons. The zero-order chi connectivity index (χ0) is 20.7. The van der Waals surface area contributed by atoms with Gasteiger partial charge in [-0.25, -0.2) is 4.79 Å².